The van der Waals surface area contributed by atoms with Crippen molar-refractivity contribution in [3.05, 3.63) is 40.3 Å². The average molecular weight is 440 g/mol. The molecule has 3 fully saturated rings. The Morgan fingerprint density at radius 2 is 1.66 bits per heavy atom. The minimum absolute atomic E-state index is 0.0323. The van der Waals surface area contributed by atoms with Gasteiger partial charge in [0, 0.05) is 57.3 Å². The van der Waals surface area contributed by atoms with Gasteiger partial charge in [-0.2, -0.15) is 0 Å². The summed E-state index contributed by atoms with van der Waals surface area (Å²) in [5.74, 6) is 2.93. The zero-order valence-electron chi connectivity index (χ0n) is 18.4. The van der Waals surface area contributed by atoms with Gasteiger partial charge in [-0.05, 0) is 19.8 Å². The predicted octanol–water partition coefficient (Wildman–Crippen LogP) is 0.405. The third-order valence-corrected chi connectivity index (χ3v) is 6.30. The number of carbonyl (C=O) groups is 1. The highest BCUT2D eigenvalue weighted by molar-refractivity contribution is 5.76. The molecule has 1 aliphatic carbocycles. The molecule has 0 bridgehead atoms. The zero-order chi connectivity index (χ0) is 22.1. The molecule has 5 rings (SSSR count). The predicted molar refractivity (Wildman–Crippen MR) is 119 cm³/mol. The molecule has 4 heterocycles. The number of hydrogen-bond acceptors (Lipinski definition) is 8. The summed E-state index contributed by atoms with van der Waals surface area (Å²) in [6, 6.07) is 3.61. The molecule has 0 atom stereocenters. The smallest absolute Gasteiger partial charge is 0.254 e. The Kier molecular flexibility index (Phi) is 5.77. The van der Waals surface area contributed by atoms with E-state index in [0.29, 0.717) is 45.3 Å². The maximum atomic E-state index is 12.8. The van der Waals surface area contributed by atoms with Crippen LogP contribution in [0.3, 0.4) is 0 Å². The highest BCUT2D eigenvalue weighted by atomic mass is 16.5. The first-order valence-corrected chi connectivity index (χ1v) is 11.3. The Morgan fingerprint density at radius 1 is 1.00 bits per heavy atom. The molecule has 2 aliphatic heterocycles. The summed E-state index contributed by atoms with van der Waals surface area (Å²) in [5, 5.41) is 0. The molecule has 0 N–H and O–H groups in total. The van der Waals surface area contributed by atoms with Crippen molar-refractivity contribution in [2.75, 3.05) is 62.3 Å². The first-order valence-electron chi connectivity index (χ1n) is 11.3. The standard InChI is InChI=1S/C22H29N7O3/c1-16-24-19(13-20(25-16)27-8-10-32-11-9-27)26-4-6-28(7-5-26)22(31)14-29-15-23-18(12-21(29)30)17-2-3-17/h12-13,15,17H,2-11,14H2,1H3. The lowest BCUT2D eigenvalue weighted by molar-refractivity contribution is -0.132. The Bertz CT molecular complexity index is 1040. The van der Waals surface area contributed by atoms with Crippen molar-refractivity contribution in [2.45, 2.75) is 32.2 Å². The summed E-state index contributed by atoms with van der Waals surface area (Å²) in [6.07, 6.45) is 3.71. The molecule has 2 aromatic rings. The monoisotopic (exact) mass is 439 g/mol. The zero-order valence-corrected chi connectivity index (χ0v) is 18.4. The second-order valence-electron chi connectivity index (χ2n) is 8.65. The fraction of sp³-hybridized carbons (Fsp3) is 0.591. The maximum Gasteiger partial charge on any atom is 0.254 e. The van der Waals surface area contributed by atoms with Crippen molar-refractivity contribution in [2.24, 2.45) is 0 Å². The van der Waals surface area contributed by atoms with E-state index >= 15 is 0 Å². The number of amides is 1. The molecule has 3 aliphatic rings. The SMILES string of the molecule is Cc1nc(N2CCOCC2)cc(N2CCN(C(=O)Cn3cnc(C4CC4)cc3=O)CC2)n1. The van der Waals surface area contributed by atoms with Gasteiger partial charge in [0.05, 0.1) is 25.2 Å². The summed E-state index contributed by atoms with van der Waals surface area (Å²) in [5.41, 5.74) is 0.699. The topological polar surface area (TPSA) is 96.7 Å². The van der Waals surface area contributed by atoms with Crippen LogP contribution < -0.4 is 15.4 Å². The minimum atomic E-state index is -0.152. The quantitative estimate of drug-likeness (QED) is 0.661. The lowest BCUT2D eigenvalue weighted by Gasteiger charge is -2.36. The van der Waals surface area contributed by atoms with Crippen molar-refractivity contribution in [1.82, 2.24) is 24.4 Å². The number of piperazine rings is 1. The van der Waals surface area contributed by atoms with Crippen LogP contribution in [-0.4, -0.2) is 82.8 Å². The molecule has 2 aromatic heterocycles. The molecule has 2 saturated heterocycles. The molecule has 10 nitrogen and oxygen atoms in total. The lowest BCUT2D eigenvalue weighted by atomic mass is 10.2. The number of hydrogen-bond donors (Lipinski definition) is 0. The first kappa shape index (κ1) is 20.9. The van der Waals surface area contributed by atoms with Gasteiger partial charge < -0.3 is 19.4 Å². The van der Waals surface area contributed by atoms with Gasteiger partial charge in [0.2, 0.25) is 5.91 Å². The van der Waals surface area contributed by atoms with Crippen molar-refractivity contribution < 1.29 is 9.53 Å². The van der Waals surface area contributed by atoms with Crippen LogP contribution in [-0.2, 0) is 16.1 Å². The molecule has 1 amide bonds. The second kappa shape index (κ2) is 8.85. The Labute approximate surface area is 186 Å². The van der Waals surface area contributed by atoms with Crippen molar-refractivity contribution in [1.29, 1.82) is 0 Å². The van der Waals surface area contributed by atoms with E-state index in [1.54, 1.807) is 6.07 Å². The number of aromatic nitrogens is 4. The molecular formula is C22H29N7O3. The highest BCUT2D eigenvalue weighted by Crippen LogP contribution is 2.38. The van der Waals surface area contributed by atoms with Crippen LogP contribution in [0.2, 0.25) is 0 Å². The van der Waals surface area contributed by atoms with Crippen molar-refractivity contribution in [3.8, 4) is 0 Å². The van der Waals surface area contributed by atoms with Gasteiger partial charge in [0.1, 0.15) is 24.0 Å². The van der Waals surface area contributed by atoms with Gasteiger partial charge in [-0.25, -0.2) is 15.0 Å². The van der Waals surface area contributed by atoms with Gasteiger partial charge in [-0.3, -0.25) is 14.2 Å². The van der Waals surface area contributed by atoms with E-state index < -0.39 is 0 Å². The molecular weight excluding hydrogens is 410 g/mol. The molecule has 0 aromatic carbocycles. The minimum Gasteiger partial charge on any atom is -0.378 e. The average Bonchev–Trinajstić information content (AvgIpc) is 3.66. The molecule has 10 heteroatoms. The molecule has 1 saturated carbocycles. The van der Waals surface area contributed by atoms with Crippen LogP contribution in [0.15, 0.2) is 23.3 Å². The van der Waals surface area contributed by atoms with E-state index in [4.69, 9.17) is 4.74 Å². The number of nitrogens with zero attached hydrogens (tertiary/aromatic N) is 7. The van der Waals surface area contributed by atoms with Crippen molar-refractivity contribution in [3.63, 3.8) is 0 Å². The maximum absolute atomic E-state index is 12.8. The number of anilines is 2. The fourth-order valence-corrected chi connectivity index (χ4v) is 4.24. The van der Waals surface area contributed by atoms with Gasteiger partial charge in [-0.15, -0.1) is 0 Å². The van der Waals surface area contributed by atoms with Crippen molar-refractivity contribution >= 4 is 17.5 Å². The van der Waals surface area contributed by atoms with Crippen LogP contribution in [0.5, 0.6) is 0 Å². The van der Waals surface area contributed by atoms with E-state index in [9.17, 15) is 9.59 Å². The molecule has 0 spiro atoms. The lowest BCUT2D eigenvalue weighted by Crippen LogP contribution is -2.50. The summed E-state index contributed by atoms with van der Waals surface area (Å²) in [7, 11) is 0. The van der Waals surface area contributed by atoms with Crippen LogP contribution >= 0.6 is 0 Å². The van der Waals surface area contributed by atoms with Gasteiger partial charge >= 0.3 is 0 Å². The summed E-state index contributed by atoms with van der Waals surface area (Å²) >= 11 is 0. The van der Waals surface area contributed by atoms with E-state index in [1.165, 1.54) is 10.9 Å². The van der Waals surface area contributed by atoms with E-state index in [2.05, 4.69) is 24.8 Å². The van der Waals surface area contributed by atoms with Gasteiger partial charge in [0.15, 0.2) is 0 Å². The Balaban J connectivity index is 1.20. The highest BCUT2D eigenvalue weighted by Gasteiger charge is 2.26. The van der Waals surface area contributed by atoms with E-state index in [0.717, 1.165) is 49.1 Å². The number of carbonyl (C=O) groups excluding carboxylic acids is 1. The largest absolute Gasteiger partial charge is 0.378 e. The fourth-order valence-electron chi connectivity index (χ4n) is 4.24. The second-order valence-corrected chi connectivity index (χ2v) is 8.65. The van der Waals surface area contributed by atoms with Gasteiger partial charge in [-0.1, -0.05) is 0 Å². The van der Waals surface area contributed by atoms with Crippen LogP contribution in [0.1, 0.15) is 30.3 Å². The summed E-state index contributed by atoms with van der Waals surface area (Å²) in [6.45, 7) is 7.59. The Morgan fingerprint density at radius 3 is 2.28 bits per heavy atom. The normalized spacial score (nSPS) is 19.3. The third-order valence-electron chi connectivity index (χ3n) is 6.30. The third kappa shape index (κ3) is 4.59. The number of aryl methyl sites for hydroxylation is 1. The first-order chi connectivity index (χ1) is 15.6. The van der Waals surface area contributed by atoms with Gasteiger partial charge in [0.25, 0.3) is 5.56 Å². The molecule has 0 radical (unpaired) electrons. The van der Waals surface area contributed by atoms with Crippen LogP contribution in [0.25, 0.3) is 0 Å². The molecule has 32 heavy (non-hydrogen) atoms. The van der Waals surface area contributed by atoms with Crippen LogP contribution in [0.4, 0.5) is 11.6 Å². The van der Waals surface area contributed by atoms with E-state index in [1.807, 2.05) is 17.9 Å². The molecule has 0 unspecified atom stereocenters. The summed E-state index contributed by atoms with van der Waals surface area (Å²) in [4.78, 5) is 45.0. The molecule has 170 valence electrons. The Hall–Kier alpha value is -3.01. The number of rotatable bonds is 5. The van der Waals surface area contributed by atoms with Crippen LogP contribution in [0, 0.1) is 6.92 Å². The summed E-state index contributed by atoms with van der Waals surface area (Å²) < 4.78 is 6.85. The number of ether oxygens (including phenoxy) is 1. The number of morpholine rings is 1. The van der Waals surface area contributed by atoms with E-state index in [-0.39, 0.29) is 18.0 Å².